The topological polar surface area (TPSA) is 104 Å². The van der Waals surface area contributed by atoms with Gasteiger partial charge in [0.05, 0.1) is 18.6 Å². The number of carbonyl (C=O) groups excluding carboxylic acids is 1. The van der Waals surface area contributed by atoms with E-state index in [1.54, 1.807) is 14.7 Å². The molecule has 5 rings (SSSR count). The number of benzene rings is 1. The molecule has 0 radical (unpaired) electrons. The SMILES string of the molecule is C=CC(=O)N1CCN(c2nc(N3CCOCC3)nc3c(=O)n(-c4c(O)cccc4F)c(C(F)(F)F)cc23)CC1. The maximum absolute atomic E-state index is 14.8. The molecule has 4 heterocycles. The number of amides is 1. The van der Waals surface area contributed by atoms with Crippen molar-refractivity contribution >= 4 is 28.6 Å². The Balaban J connectivity index is 1.76. The fraction of sp³-hybridized carbons (Fsp3) is 0.360. The lowest BCUT2D eigenvalue weighted by Gasteiger charge is -2.36. The number of rotatable bonds is 4. The number of piperazine rings is 1. The Hall–Kier alpha value is -4.20. The van der Waals surface area contributed by atoms with Crippen LogP contribution in [0.4, 0.5) is 29.3 Å². The summed E-state index contributed by atoms with van der Waals surface area (Å²) in [6.07, 6.45) is -3.92. The lowest BCUT2D eigenvalue weighted by molar-refractivity contribution is -0.142. The Labute approximate surface area is 219 Å². The molecule has 0 saturated carbocycles. The Bertz CT molecular complexity index is 1470. The van der Waals surface area contributed by atoms with Gasteiger partial charge >= 0.3 is 6.18 Å². The number of para-hydroxylation sites is 1. The molecule has 2 aliphatic heterocycles. The molecule has 2 aliphatic rings. The average Bonchev–Trinajstić information content (AvgIpc) is 2.93. The van der Waals surface area contributed by atoms with Crippen LogP contribution in [0, 0.1) is 5.82 Å². The van der Waals surface area contributed by atoms with Crippen molar-refractivity contribution in [2.45, 2.75) is 6.18 Å². The van der Waals surface area contributed by atoms with Crippen LogP contribution in [0.2, 0.25) is 0 Å². The van der Waals surface area contributed by atoms with Gasteiger partial charge in [-0.1, -0.05) is 12.6 Å². The molecule has 0 unspecified atom stereocenters. The van der Waals surface area contributed by atoms with E-state index in [2.05, 4.69) is 16.5 Å². The quantitative estimate of drug-likeness (QED) is 0.392. The second-order valence-corrected chi connectivity index (χ2v) is 9.00. The van der Waals surface area contributed by atoms with Crippen molar-refractivity contribution in [2.24, 2.45) is 0 Å². The van der Waals surface area contributed by atoms with Crippen molar-refractivity contribution in [1.82, 2.24) is 19.4 Å². The summed E-state index contributed by atoms with van der Waals surface area (Å²) in [4.78, 5) is 39.6. The maximum atomic E-state index is 14.8. The van der Waals surface area contributed by atoms with Gasteiger partial charge in [0.25, 0.3) is 5.56 Å². The van der Waals surface area contributed by atoms with Gasteiger partial charge in [0.15, 0.2) is 5.82 Å². The highest BCUT2D eigenvalue weighted by Gasteiger charge is 2.38. The molecule has 2 fully saturated rings. The number of hydrogen-bond donors (Lipinski definition) is 1. The zero-order valence-corrected chi connectivity index (χ0v) is 20.6. The van der Waals surface area contributed by atoms with Crippen LogP contribution < -0.4 is 15.4 Å². The zero-order chi connectivity index (χ0) is 27.9. The first-order valence-corrected chi connectivity index (χ1v) is 12.1. The second-order valence-electron chi connectivity index (χ2n) is 9.00. The molecular weight excluding hydrogens is 524 g/mol. The Morgan fingerprint density at radius 2 is 1.74 bits per heavy atom. The number of phenolic OH excluding ortho intramolecular Hbond substituents is 1. The molecular formula is C25H24F4N6O4. The van der Waals surface area contributed by atoms with Crippen LogP contribution in [0.5, 0.6) is 5.75 Å². The summed E-state index contributed by atoms with van der Waals surface area (Å²) in [5.41, 5.74) is -4.06. The smallest absolute Gasteiger partial charge is 0.431 e. The minimum atomic E-state index is -5.10. The van der Waals surface area contributed by atoms with Gasteiger partial charge in [-0.05, 0) is 24.3 Å². The van der Waals surface area contributed by atoms with Crippen molar-refractivity contribution in [1.29, 1.82) is 0 Å². The first kappa shape index (κ1) is 26.4. The Morgan fingerprint density at radius 1 is 1.05 bits per heavy atom. The molecule has 0 aliphatic carbocycles. The number of carbonyl (C=O) groups is 1. The van der Waals surface area contributed by atoms with Crippen molar-refractivity contribution in [2.75, 3.05) is 62.3 Å². The van der Waals surface area contributed by atoms with Gasteiger partial charge < -0.3 is 24.5 Å². The van der Waals surface area contributed by atoms with E-state index in [0.29, 0.717) is 32.4 Å². The summed E-state index contributed by atoms with van der Waals surface area (Å²) in [6, 6.07) is 3.65. The van der Waals surface area contributed by atoms with Gasteiger partial charge in [0, 0.05) is 39.3 Å². The lowest BCUT2D eigenvalue weighted by Crippen LogP contribution is -2.49. The third kappa shape index (κ3) is 4.87. The summed E-state index contributed by atoms with van der Waals surface area (Å²) in [7, 11) is 0. The van der Waals surface area contributed by atoms with Gasteiger partial charge in [-0.15, -0.1) is 0 Å². The monoisotopic (exact) mass is 548 g/mol. The van der Waals surface area contributed by atoms with E-state index in [1.165, 1.54) is 6.08 Å². The van der Waals surface area contributed by atoms with E-state index < -0.39 is 34.7 Å². The first-order valence-electron chi connectivity index (χ1n) is 12.1. The number of ether oxygens (including phenoxy) is 1. The number of morpholine rings is 1. The highest BCUT2D eigenvalue weighted by molar-refractivity contribution is 5.91. The first-order chi connectivity index (χ1) is 18.6. The van der Waals surface area contributed by atoms with Crippen molar-refractivity contribution < 1.29 is 32.2 Å². The zero-order valence-electron chi connectivity index (χ0n) is 20.6. The third-order valence-electron chi connectivity index (χ3n) is 6.68. The maximum Gasteiger partial charge on any atom is 0.431 e. The fourth-order valence-electron chi connectivity index (χ4n) is 4.73. The van der Waals surface area contributed by atoms with Gasteiger partial charge in [-0.3, -0.25) is 14.2 Å². The molecule has 2 aromatic heterocycles. The number of alkyl halides is 3. The minimum absolute atomic E-state index is 0.0831. The predicted octanol–water partition coefficient (Wildman–Crippen LogP) is 2.32. The summed E-state index contributed by atoms with van der Waals surface area (Å²) < 4.78 is 63.2. The van der Waals surface area contributed by atoms with Gasteiger partial charge in [0.1, 0.15) is 28.5 Å². The van der Waals surface area contributed by atoms with Gasteiger partial charge in [-0.25, -0.2) is 9.37 Å². The van der Waals surface area contributed by atoms with E-state index in [9.17, 15) is 32.3 Å². The lowest BCUT2D eigenvalue weighted by atomic mass is 10.1. The van der Waals surface area contributed by atoms with E-state index in [0.717, 1.165) is 18.2 Å². The molecule has 14 heteroatoms. The molecule has 39 heavy (non-hydrogen) atoms. The number of anilines is 2. The van der Waals surface area contributed by atoms with E-state index in [1.807, 2.05) is 0 Å². The van der Waals surface area contributed by atoms with E-state index in [-0.39, 0.29) is 59.3 Å². The van der Waals surface area contributed by atoms with Gasteiger partial charge in [0.2, 0.25) is 11.9 Å². The normalized spacial score (nSPS) is 16.6. The summed E-state index contributed by atoms with van der Waals surface area (Å²) in [5, 5.41) is 10.1. The molecule has 0 atom stereocenters. The predicted molar refractivity (Wildman–Crippen MR) is 134 cm³/mol. The molecule has 1 aromatic carbocycles. The number of pyridine rings is 1. The number of hydrogen-bond acceptors (Lipinski definition) is 8. The van der Waals surface area contributed by atoms with Crippen LogP contribution in [0.3, 0.4) is 0 Å². The summed E-state index contributed by atoms with van der Waals surface area (Å²) in [6.45, 7) is 5.94. The standard InChI is InChI=1S/C25H24F4N6O4/c1-2-19(37)32-6-8-33(9-7-32)22-15-14-18(25(27,28)29)35(21-16(26)4-3-5-17(21)36)23(38)20(15)30-24(31-22)34-10-12-39-13-11-34/h2-5,14,36H,1,6-13H2. The Kier molecular flexibility index (Phi) is 6.89. The third-order valence-corrected chi connectivity index (χ3v) is 6.68. The minimum Gasteiger partial charge on any atom is -0.506 e. The largest absolute Gasteiger partial charge is 0.506 e. The number of phenols is 1. The fourth-order valence-corrected chi connectivity index (χ4v) is 4.73. The summed E-state index contributed by atoms with van der Waals surface area (Å²) in [5.74, 6) is -2.14. The highest BCUT2D eigenvalue weighted by atomic mass is 19.4. The van der Waals surface area contributed by atoms with Crippen LogP contribution in [-0.4, -0.2) is 82.9 Å². The van der Waals surface area contributed by atoms with Crippen LogP contribution in [0.1, 0.15) is 5.69 Å². The van der Waals surface area contributed by atoms with Crippen molar-refractivity contribution in [3.05, 3.63) is 58.8 Å². The molecule has 10 nitrogen and oxygen atoms in total. The average molecular weight is 548 g/mol. The van der Waals surface area contributed by atoms with Crippen LogP contribution >= 0.6 is 0 Å². The number of halogens is 4. The highest BCUT2D eigenvalue weighted by Crippen LogP contribution is 2.37. The van der Waals surface area contributed by atoms with Crippen LogP contribution in [-0.2, 0) is 15.7 Å². The number of aromatic hydroxyl groups is 1. The number of aromatic nitrogens is 3. The molecule has 1 N–H and O–H groups in total. The molecule has 206 valence electrons. The number of fused-ring (bicyclic) bond motifs is 1. The molecule has 2 saturated heterocycles. The molecule has 3 aromatic rings. The van der Waals surface area contributed by atoms with Gasteiger partial charge in [-0.2, -0.15) is 18.2 Å². The molecule has 0 bridgehead atoms. The van der Waals surface area contributed by atoms with Crippen molar-refractivity contribution in [3.8, 4) is 11.4 Å². The number of nitrogens with zero attached hydrogens (tertiary/aromatic N) is 6. The van der Waals surface area contributed by atoms with E-state index in [4.69, 9.17) is 4.74 Å². The Morgan fingerprint density at radius 3 is 2.36 bits per heavy atom. The molecule has 0 spiro atoms. The van der Waals surface area contributed by atoms with Crippen LogP contribution in [0.15, 0.2) is 41.7 Å². The summed E-state index contributed by atoms with van der Waals surface area (Å²) >= 11 is 0. The molecule has 1 amide bonds. The van der Waals surface area contributed by atoms with Crippen molar-refractivity contribution in [3.63, 3.8) is 0 Å². The van der Waals surface area contributed by atoms with Crippen LogP contribution in [0.25, 0.3) is 16.6 Å². The van der Waals surface area contributed by atoms with E-state index >= 15 is 0 Å². The second kappa shape index (κ2) is 10.2.